The van der Waals surface area contributed by atoms with Crippen LogP contribution in [0.2, 0.25) is 0 Å². The van der Waals surface area contributed by atoms with Crippen molar-refractivity contribution in [2.24, 2.45) is 11.1 Å². The maximum atomic E-state index is 12.7. The lowest BCUT2D eigenvalue weighted by atomic mass is 9.73. The topological polar surface area (TPSA) is 58.4 Å². The molecule has 0 spiro atoms. The smallest absolute Gasteiger partial charge is 0.231 e. The Kier molecular flexibility index (Phi) is 4.88. The van der Waals surface area contributed by atoms with Crippen LogP contribution < -0.4 is 16.0 Å². The Morgan fingerprint density at radius 1 is 1.29 bits per heavy atom. The molecule has 1 fully saturated rings. The third-order valence-electron chi connectivity index (χ3n) is 4.63. The first-order chi connectivity index (χ1) is 9.98. The first-order valence-corrected chi connectivity index (χ1v) is 7.78. The highest BCUT2D eigenvalue weighted by Crippen LogP contribution is 2.36. The van der Waals surface area contributed by atoms with Crippen LogP contribution in [0, 0.1) is 12.3 Å². The van der Waals surface area contributed by atoms with E-state index in [0.29, 0.717) is 6.54 Å². The van der Waals surface area contributed by atoms with E-state index in [1.807, 2.05) is 32.3 Å². The molecule has 1 saturated carbocycles. The van der Waals surface area contributed by atoms with Crippen LogP contribution in [0.4, 0.5) is 11.4 Å². The van der Waals surface area contributed by atoms with Crippen molar-refractivity contribution in [2.75, 3.05) is 30.9 Å². The molecule has 0 radical (unpaired) electrons. The summed E-state index contributed by atoms with van der Waals surface area (Å²) in [5.41, 5.74) is 8.73. The van der Waals surface area contributed by atoms with E-state index in [-0.39, 0.29) is 11.3 Å². The van der Waals surface area contributed by atoms with E-state index < -0.39 is 0 Å². The van der Waals surface area contributed by atoms with E-state index in [9.17, 15) is 4.79 Å². The van der Waals surface area contributed by atoms with Crippen molar-refractivity contribution in [3.8, 4) is 0 Å². The number of nitrogens with zero attached hydrogens (tertiary/aromatic N) is 1. The second-order valence-corrected chi connectivity index (χ2v) is 6.39. The fourth-order valence-electron chi connectivity index (χ4n) is 3.19. The standard InChI is InChI=1S/C17H27N3O/c1-13-7-8-14(11-15(13)20(2)3)19-16(21)17(12-18)9-5-4-6-10-17/h7-8,11H,4-6,9-10,12,18H2,1-3H3,(H,19,21). The highest BCUT2D eigenvalue weighted by Gasteiger charge is 2.38. The number of carbonyl (C=O) groups is 1. The predicted molar refractivity (Wildman–Crippen MR) is 88.7 cm³/mol. The Labute approximate surface area is 127 Å². The van der Waals surface area contributed by atoms with Gasteiger partial charge in [0.1, 0.15) is 0 Å². The second kappa shape index (κ2) is 6.48. The summed E-state index contributed by atoms with van der Waals surface area (Å²) in [5.74, 6) is 0.0817. The minimum absolute atomic E-state index is 0.0817. The summed E-state index contributed by atoms with van der Waals surface area (Å²) in [4.78, 5) is 14.7. The first kappa shape index (κ1) is 15.8. The van der Waals surface area contributed by atoms with Crippen molar-refractivity contribution >= 4 is 17.3 Å². The highest BCUT2D eigenvalue weighted by atomic mass is 16.2. The summed E-state index contributed by atoms with van der Waals surface area (Å²) in [6, 6.07) is 6.04. The zero-order valence-corrected chi connectivity index (χ0v) is 13.4. The van der Waals surface area contributed by atoms with Gasteiger partial charge in [-0.1, -0.05) is 25.3 Å². The molecule has 116 valence electrons. The van der Waals surface area contributed by atoms with Crippen molar-refractivity contribution < 1.29 is 4.79 Å². The quantitative estimate of drug-likeness (QED) is 0.896. The van der Waals surface area contributed by atoms with Gasteiger partial charge in [-0.25, -0.2) is 0 Å². The zero-order valence-electron chi connectivity index (χ0n) is 13.4. The van der Waals surface area contributed by atoms with Crippen LogP contribution in [0.25, 0.3) is 0 Å². The van der Waals surface area contributed by atoms with Crippen molar-refractivity contribution in [1.82, 2.24) is 0 Å². The number of aryl methyl sites for hydroxylation is 1. The number of carbonyl (C=O) groups excluding carboxylic acids is 1. The average molecular weight is 289 g/mol. The summed E-state index contributed by atoms with van der Waals surface area (Å²) in [7, 11) is 4.02. The summed E-state index contributed by atoms with van der Waals surface area (Å²) in [5, 5.41) is 3.08. The Hall–Kier alpha value is -1.55. The molecule has 1 aromatic carbocycles. The molecular weight excluding hydrogens is 262 g/mol. The number of amides is 1. The molecule has 21 heavy (non-hydrogen) atoms. The number of rotatable bonds is 4. The Morgan fingerprint density at radius 3 is 2.52 bits per heavy atom. The number of anilines is 2. The maximum Gasteiger partial charge on any atom is 0.231 e. The Morgan fingerprint density at radius 2 is 1.95 bits per heavy atom. The molecule has 0 heterocycles. The number of hydrogen-bond acceptors (Lipinski definition) is 3. The molecular formula is C17H27N3O. The molecule has 0 aliphatic heterocycles. The van der Waals surface area contributed by atoms with Crippen LogP contribution in [0.15, 0.2) is 18.2 Å². The van der Waals surface area contributed by atoms with Gasteiger partial charge in [0, 0.05) is 32.0 Å². The second-order valence-electron chi connectivity index (χ2n) is 6.39. The molecule has 4 heteroatoms. The first-order valence-electron chi connectivity index (χ1n) is 7.78. The molecule has 1 amide bonds. The molecule has 0 atom stereocenters. The maximum absolute atomic E-state index is 12.7. The van der Waals surface area contributed by atoms with Gasteiger partial charge in [-0.15, -0.1) is 0 Å². The summed E-state index contributed by atoms with van der Waals surface area (Å²) >= 11 is 0. The Balaban J connectivity index is 2.17. The number of nitrogens with two attached hydrogens (primary N) is 1. The fourth-order valence-corrected chi connectivity index (χ4v) is 3.19. The summed E-state index contributed by atoms with van der Waals surface area (Å²) < 4.78 is 0. The Bertz CT molecular complexity index is 505. The van der Waals surface area contributed by atoms with Crippen molar-refractivity contribution in [2.45, 2.75) is 39.0 Å². The lowest BCUT2D eigenvalue weighted by Crippen LogP contribution is -2.43. The van der Waals surface area contributed by atoms with E-state index in [1.165, 1.54) is 12.0 Å². The number of nitrogens with one attached hydrogen (secondary N) is 1. The van der Waals surface area contributed by atoms with Crippen LogP contribution in [0.5, 0.6) is 0 Å². The minimum atomic E-state index is -0.374. The molecule has 1 aromatic rings. The number of hydrogen-bond donors (Lipinski definition) is 2. The van der Waals surface area contributed by atoms with E-state index in [2.05, 4.69) is 17.1 Å². The molecule has 1 aliphatic carbocycles. The molecule has 3 N–H and O–H groups in total. The van der Waals surface area contributed by atoms with Crippen LogP contribution in [0.1, 0.15) is 37.7 Å². The van der Waals surface area contributed by atoms with Gasteiger partial charge in [-0.3, -0.25) is 4.79 Å². The van der Waals surface area contributed by atoms with Gasteiger partial charge in [-0.05, 0) is 37.5 Å². The van der Waals surface area contributed by atoms with E-state index >= 15 is 0 Å². The van der Waals surface area contributed by atoms with Gasteiger partial charge in [0.2, 0.25) is 5.91 Å². The molecule has 4 nitrogen and oxygen atoms in total. The van der Waals surface area contributed by atoms with Crippen molar-refractivity contribution in [3.63, 3.8) is 0 Å². The number of benzene rings is 1. The third-order valence-corrected chi connectivity index (χ3v) is 4.63. The molecule has 0 unspecified atom stereocenters. The molecule has 0 bridgehead atoms. The molecule has 2 rings (SSSR count). The van der Waals surface area contributed by atoms with E-state index in [1.54, 1.807) is 0 Å². The lowest BCUT2D eigenvalue weighted by molar-refractivity contribution is -0.126. The van der Waals surface area contributed by atoms with Crippen molar-refractivity contribution in [1.29, 1.82) is 0 Å². The molecule has 0 aromatic heterocycles. The monoisotopic (exact) mass is 289 g/mol. The highest BCUT2D eigenvalue weighted by molar-refractivity contribution is 5.96. The van der Waals surface area contributed by atoms with Crippen molar-refractivity contribution in [3.05, 3.63) is 23.8 Å². The molecule has 0 saturated heterocycles. The fraction of sp³-hybridized carbons (Fsp3) is 0.588. The molecule has 1 aliphatic rings. The summed E-state index contributed by atoms with van der Waals surface area (Å²) in [6.45, 7) is 2.51. The van der Waals surface area contributed by atoms with E-state index in [4.69, 9.17) is 5.73 Å². The van der Waals surface area contributed by atoms with Gasteiger partial charge in [0.05, 0.1) is 5.41 Å². The van der Waals surface area contributed by atoms with Crippen LogP contribution in [0.3, 0.4) is 0 Å². The summed E-state index contributed by atoms with van der Waals surface area (Å²) in [6.07, 6.45) is 5.22. The van der Waals surface area contributed by atoms with Crippen LogP contribution >= 0.6 is 0 Å². The largest absolute Gasteiger partial charge is 0.377 e. The van der Waals surface area contributed by atoms with Gasteiger partial charge in [-0.2, -0.15) is 0 Å². The van der Waals surface area contributed by atoms with E-state index in [0.717, 1.165) is 37.1 Å². The van der Waals surface area contributed by atoms with Gasteiger partial charge in [0.15, 0.2) is 0 Å². The van der Waals surface area contributed by atoms with Gasteiger partial charge >= 0.3 is 0 Å². The minimum Gasteiger partial charge on any atom is -0.377 e. The SMILES string of the molecule is Cc1ccc(NC(=O)C2(CN)CCCCC2)cc1N(C)C. The third kappa shape index (κ3) is 3.38. The van der Waals surface area contributed by atoms with Gasteiger partial charge < -0.3 is 16.0 Å². The zero-order chi connectivity index (χ0) is 15.5. The normalized spacial score (nSPS) is 17.3. The van der Waals surface area contributed by atoms with Crippen LogP contribution in [-0.4, -0.2) is 26.5 Å². The predicted octanol–water partition coefficient (Wildman–Crippen LogP) is 2.91. The van der Waals surface area contributed by atoms with Crippen LogP contribution in [-0.2, 0) is 4.79 Å². The average Bonchev–Trinajstić information content (AvgIpc) is 2.49. The van der Waals surface area contributed by atoms with Gasteiger partial charge in [0.25, 0.3) is 0 Å². The lowest BCUT2D eigenvalue weighted by Gasteiger charge is -2.34.